The molecule has 4 rings (SSSR count). The van der Waals surface area contributed by atoms with Crippen molar-refractivity contribution in [2.24, 2.45) is 5.73 Å². The highest BCUT2D eigenvalue weighted by Crippen LogP contribution is 2.32. The van der Waals surface area contributed by atoms with E-state index in [0.29, 0.717) is 30.0 Å². The number of pyridine rings is 1. The molecule has 0 aliphatic carbocycles. The van der Waals surface area contributed by atoms with E-state index in [1.54, 1.807) is 29.3 Å². The summed E-state index contributed by atoms with van der Waals surface area (Å²) in [7, 11) is 0. The number of hydrogen-bond donors (Lipinski definition) is 3. The van der Waals surface area contributed by atoms with Gasteiger partial charge < -0.3 is 25.7 Å². The Balaban J connectivity index is 0.00000132. The topological polar surface area (TPSA) is 96.3 Å². The summed E-state index contributed by atoms with van der Waals surface area (Å²) < 4.78 is 20.5. The van der Waals surface area contributed by atoms with Crippen LogP contribution in [0.25, 0.3) is 11.0 Å². The number of piperazine rings is 1. The van der Waals surface area contributed by atoms with Crippen molar-refractivity contribution in [2.45, 2.75) is 33.2 Å². The predicted octanol–water partition coefficient (Wildman–Crippen LogP) is 3.13. The van der Waals surface area contributed by atoms with Gasteiger partial charge in [-0.25, -0.2) is 9.37 Å². The smallest absolute Gasteiger partial charge is 0.239 e. The number of aromatic amines is 1. The van der Waals surface area contributed by atoms with Gasteiger partial charge in [0.15, 0.2) is 11.6 Å². The summed E-state index contributed by atoms with van der Waals surface area (Å²) in [5.41, 5.74) is 8.40. The lowest BCUT2D eigenvalue weighted by Gasteiger charge is -2.29. The molecule has 0 radical (unpaired) electrons. The predicted molar refractivity (Wildman–Crippen MR) is 120 cm³/mol. The van der Waals surface area contributed by atoms with E-state index >= 15 is 0 Å². The molecule has 1 aromatic carbocycles. The van der Waals surface area contributed by atoms with Crippen LogP contribution in [0.1, 0.15) is 25.0 Å². The van der Waals surface area contributed by atoms with Gasteiger partial charge in [-0.05, 0) is 42.7 Å². The Labute approximate surface area is 181 Å². The van der Waals surface area contributed by atoms with Crippen LogP contribution in [0.15, 0.2) is 36.7 Å². The standard InChI is InChI=1S/C21H24FN5O2.C2H6/c1-13-12-26-20-19(13)18(4-5-25-20)29-17-3-2-14(10-15(17)22)11-16(23)21(28)27-8-6-24-7-9-27;1-2/h2-5,10,12,16,24H,6-9,11,23H2,1H3,(H,25,26);1-2H3/t16-;/m0./s1. The van der Waals surface area contributed by atoms with Crippen LogP contribution in [0.3, 0.4) is 0 Å². The maximum absolute atomic E-state index is 14.7. The van der Waals surface area contributed by atoms with E-state index in [-0.39, 0.29) is 18.1 Å². The first kappa shape index (κ1) is 22.7. The van der Waals surface area contributed by atoms with Crippen molar-refractivity contribution in [3.05, 3.63) is 53.6 Å². The van der Waals surface area contributed by atoms with Gasteiger partial charge >= 0.3 is 0 Å². The van der Waals surface area contributed by atoms with Crippen LogP contribution >= 0.6 is 0 Å². The van der Waals surface area contributed by atoms with Crippen molar-refractivity contribution in [1.29, 1.82) is 0 Å². The molecule has 4 N–H and O–H groups in total. The number of aryl methyl sites for hydroxylation is 1. The summed E-state index contributed by atoms with van der Waals surface area (Å²) in [4.78, 5) is 21.5. The monoisotopic (exact) mass is 427 g/mol. The highest BCUT2D eigenvalue weighted by molar-refractivity contribution is 5.86. The minimum atomic E-state index is -0.693. The zero-order chi connectivity index (χ0) is 22.4. The lowest BCUT2D eigenvalue weighted by molar-refractivity contribution is -0.133. The lowest BCUT2D eigenvalue weighted by Crippen LogP contribution is -2.52. The second kappa shape index (κ2) is 10.4. The van der Waals surface area contributed by atoms with Gasteiger partial charge in [0.2, 0.25) is 5.91 Å². The number of amides is 1. The van der Waals surface area contributed by atoms with Crippen LogP contribution < -0.4 is 15.8 Å². The SMILES string of the molecule is CC.Cc1c[nH]c2nccc(Oc3ccc(C[C@H](N)C(=O)N4CCNCC4)cc3F)c12. The highest BCUT2D eigenvalue weighted by atomic mass is 19.1. The Morgan fingerprint density at radius 1 is 1.26 bits per heavy atom. The van der Waals surface area contributed by atoms with E-state index in [4.69, 9.17) is 10.5 Å². The Bertz CT molecular complexity index is 1030. The van der Waals surface area contributed by atoms with Crippen LogP contribution in [0.4, 0.5) is 4.39 Å². The Morgan fingerprint density at radius 2 is 2.00 bits per heavy atom. The number of carbonyl (C=O) groups is 1. The molecule has 1 aliphatic heterocycles. The van der Waals surface area contributed by atoms with E-state index in [2.05, 4.69) is 15.3 Å². The number of fused-ring (bicyclic) bond motifs is 1. The molecule has 2 aromatic heterocycles. The minimum Gasteiger partial charge on any atom is -0.453 e. The fraction of sp³-hybridized carbons (Fsp3) is 0.391. The number of ether oxygens (including phenoxy) is 1. The summed E-state index contributed by atoms with van der Waals surface area (Å²) >= 11 is 0. The largest absolute Gasteiger partial charge is 0.453 e. The van der Waals surface area contributed by atoms with Crippen LogP contribution in [0.2, 0.25) is 0 Å². The number of benzene rings is 1. The molecule has 7 nitrogen and oxygen atoms in total. The van der Waals surface area contributed by atoms with E-state index in [9.17, 15) is 9.18 Å². The number of carbonyl (C=O) groups excluding carboxylic acids is 1. The molecule has 3 heterocycles. The first-order valence-corrected chi connectivity index (χ1v) is 10.7. The molecule has 1 atom stereocenters. The molecule has 1 saturated heterocycles. The average Bonchev–Trinajstić information content (AvgIpc) is 3.19. The zero-order valence-electron chi connectivity index (χ0n) is 18.2. The first-order valence-electron chi connectivity index (χ1n) is 10.7. The van der Waals surface area contributed by atoms with Gasteiger partial charge in [-0.3, -0.25) is 4.79 Å². The van der Waals surface area contributed by atoms with Crippen LogP contribution in [-0.4, -0.2) is 53.0 Å². The van der Waals surface area contributed by atoms with Gasteiger partial charge in [0.25, 0.3) is 0 Å². The lowest BCUT2D eigenvalue weighted by atomic mass is 10.0. The van der Waals surface area contributed by atoms with Crippen LogP contribution in [0.5, 0.6) is 11.5 Å². The van der Waals surface area contributed by atoms with E-state index in [1.807, 2.05) is 27.0 Å². The van der Waals surface area contributed by atoms with Gasteiger partial charge in [-0.1, -0.05) is 19.9 Å². The summed E-state index contributed by atoms with van der Waals surface area (Å²) in [6.45, 7) is 8.76. The molecule has 1 aliphatic rings. The summed E-state index contributed by atoms with van der Waals surface area (Å²) in [6.07, 6.45) is 3.72. The number of hydrogen-bond acceptors (Lipinski definition) is 5. The molecular formula is C23H30FN5O2. The molecule has 8 heteroatoms. The molecule has 0 spiro atoms. The molecule has 0 bridgehead atoms. The Hall–Kier alpha value is -2.97. The summed E-state index contributed by atoms with van der Waals surface area (Å²) in [6, 6.07) is 5.70. The van der Waals surface area contributed by atoms with Gasteiger partial charge in [0, 0.05) is 38.6 Å². The average molecular weight is 428 g/mol. The third-order valence-electron chi connectivity index (χ3n) is 5.15. The normalized spacial score (nSPS) is 14.7. The molecular weight excluding hydrogens is 397 g/mol. The second-order valence-corrected chi connectivity index (χ2v) is 7.26. The molecule has 31 heavy (non-hydrogen) atoms. The number of nitrogens with two attached hydrogens (primary N) is 1. The molecule has 1 amide bonds. The number of nitrogens with zero attached hydrogens (tertiary/aromatic N) is 2. The third-order valence-corrected chi connectivity index (χ3v) is 5.15. The molecule has 0 unspecified atom stereocenters. The Morgan fingerprint density at radius 3 is 2.71 bits per heavy atom. The van der Waals surface area contributed by atoms with Crippen molar-refractivity contribution >= 4 is 16.9 Å². The highest BCUT2D eigenvalue weighted by Gasteiger charge is 2.23. The van der Waals surface area contributed by atoms with Crippen molar-refractivity contribution in [2.75, 3.05) is 26.2 Å². The maximum Gasteiger partial charge on any atom is 0.239 e. The van der Waals surface area contributed by atoms with Crippen molar-refractivity contribution in [3.8, 4) is 11.5 Å². The maximum atomic E-state index is 14.7. The van der Waals surface area contributed by atoms with Gasteiger partial charge in [-0.15, -0.1) is 0 Å². The van der Waals surface area contributed by atoms with Crippen molar-refractivity contribution < 1.29 is 13.9 Å². The fourth-order valence-electron chi connectivity index (χ4n) is 3.60. The number of halogens is 1. The second-order valence-electron chi connectivity index (χ2n) is 7.26. The van der Waals surface area contributed by atoms with E-state index < -0.39 is 11.9 Å². The van der Waals surface area contributed by atoms with Crippen molar-refractivity contribution in [3.63, 3.8) is 0 Å². The van der Waals surface area contributed by atoms with E-state index in [1.165, 1.54) is 6.07 Å². The Kier molecular flexibility index (Phi) is 7.59. The fourth-order valence-corrected chi connectivity index (χ4v) is 3.60. The number of nitrogens with one attached hydrogen (secondary N) is 2. The minimum absolute atomic E-state index is 0.102. The number of H-pyrrole nitrogens is 1. The van der Waals surface area contributed by atoms with Gasteiger partial charge in [-0.2, -0.15) is 0 Å². The molecule has 166 valence electrons. The van der Waals surface area contributed by atoms with Gasteiger partial charge in [0.05, 0.1) is 11.4 Å². The number of rotatable bonds is 5. The molecule has 1 fully saturated rings. The molecule has 3 aromatic rings. The molecule has 0 saturated carbocycles. The van der Waals surface area contributed by atoms with Gasteiger partial charge in [0.1, 0.15) is 11.4 Å². The first-order chi connectivity index (χ1) is 15.0. The summed E-state index contributed by atoms with van der Waals surface area (Å²) in [5, 5.41) is 4.02. The summed E-state index contributed by atoms with van der Waals surface area (Å²) in [5.74, 6) is 0.0478. The zero-order valence-corrected chi connectivity index (χ0v) is 18.2. The number of aromatic nitrogens is 2. The van der Waals surface area contributed by atoms with E-state index in [0.717, 1.165) is 24.0 Å². The van der Waals surface area contributed by atoms with Crippen LogP contribution in [-0.2, 0) is 11.2 Å². The third kappa shape index (κ3) is 5.21. The van der Waals surface area contributed by atoms with Crippen LogP contribution in [0, 0.1) is 12.7 Å². The van der Waals surface area contributed by atoms with Crippen molar-refractivity contribution in [1.82, 2.24) is 20.2 Å². The quantitative estimate of drug-likeness (QED) is 0.581.